The molecule has 2 rings (SSSR count). The van der Waals surface area contributed by atoms with Crippen molar-refractivity contribution in [3.8, 4) is 11.5 Å². The van der Waals surface area contributed by atoms with Crippen LogP contribution in [0.15, 0.2) is 45.1 Å². The molecule has 108 valence electrons. The lowest BCUT2D eigenvalue weighted by Crippen LogP contribution is -2.01. The minimum absolute atomic E-state index is 0. The fraction of sp³-hybridized carbons (Fsp3) is 0.267. The fourth-order valence-electron chi connectivity index (χ4n) is 1.68. The van der Waals surface area contributed by atoms with Crippen molar-refractivity contribution in [1.29, 1.82) is 0 Å². The van der Waals surface area contributed by atoms with Crippen molar-refractivity contribution in [2.75, 3.05) is 13.7 Å². The highest BCUT2D eigenvalue weighted by molar-refractivity contribution is 5.85. The number of allylic oxidation sites excluding steroid dienone is 1. The summed E-state index contributed by atoms with van der Waals surface area (Å²) >= 11 is 0. The van der Waals surface area contributed by atoms with E-state index in [2.05, 4.69) is 0 Å². The molecule has 5 nitrogen and oxygen atoms in total. The first-order chi connectivity index (χ1) is 9.11. The van der Waals surface area contributed by atoms with E-state index < -0.39 is 5.63 Å². The van der Waals surface area contributed by atoms with Crippen molar-refractivity contribution < 1.29 is 19.4 Å². The molecular weight excluding hydrogens is 260 g/mol. The lowest BCUT2D eigenvalue weighted by Gasteiger charge is -2.11. The zero-order chi connectivity index (χ0) is 13.8. The molecule has 0 aliphatic rings. The van der Waals surface area contributed by atoms with E-state index in [9.17, 15) is 4.79 Å². The van der Waals surface area contributed by atoms with Gasteiger partial charge >= 0.3 is 5.63 Å². The predicted molar refractivity (Wildman–Crippen MR) is 77.6 cm³/mol. The van der Waals surface area contributed by atoms with E-state index in [4.69, 9.17) is 13.9 Å². The minimum atomic E-state index is -0.409. The maximum Gasteiger partial charge on any atom is 0.336 e. The SMILES string of the molecule is COc1ccc2ccc(=O)oc2c1OCC=C(C)C.O. The van der Waals surface area contributed by atoms with E-state index >= 15 is 0 Å². The summed E-state index contributed by atoms with van der Waals surface area (Å²) in [5.41, 5.74) is 1.16. The molecule has 0 unspecified atom stereocenters. The highest BCUT2D eigenvalue weighted by Gasteiger charge is 2.12. The van der Waals surface area contributed by atoms with Crippen LogP contribution in [0.2, 0.25) is 0 Å². The van der Waals surface area contributed by atoms with Crippen LogP contribution in [0.4, 0.5) is 0 Å². The number of benzene rings is 1. The van der Waals surface area contributed by atoms with Gasteiger partial charge in [-0.2, -0.15) is 0 Å². The van der Waals surface area contributed by atoms with Crippen LogP contribution in [0.5, 0.6) is 11.5 Å². The summed E-state index contributed by atoms with van der Waals surface area (Å²) in [6, 6.07) is 6.70. The van der Waals surface area contributed by atoms with E-state index in [0.717, 1.165) is 11.0 Å². The first-order valence-electron chi connectivity index (χ1n) is 5.99. The summed E-state index contributed by atoms with van der Waals surface area (Å²) in [7, 11) is 1.55. The zero-order valence-corrected chi connectivity index (χ0v) is 11.7. The summed E-state index contributed by atoms with van der Waals surface area (Å²) in [6.45, 7) is 4.38. The molecule has 1 heterocycles. The van der Waals surface area contributed by atoms with Gasteiger partial charge < -0.3 is 19.4 Å². The largest absolute Gasteiger partial charge is 0.493 e. The number of hydrogen-bond donors (Lipinski definition) is 0. The Balaban J connectivity index is 0.00000200. The van der Waals surface area contributed by atoms with Gasteiger partial charge in [0.15, 0.2) is 11.3 Å². The van der Waals surface area contributed by atoms with Gasteiger partial charge in [0.2, 0.25) is 5.75 Å². The Morgan fingerprint density at radius 1 is 1.25 bits per heavy atom. The van der Waals surface area contributed by atoms with Gasteiger partial charge in [0.05, 0.1) is 7.11 Å². The molecule has 2 N–H and O–H groups in total. The Hall–Kier alpha value is -2.27. The third-order valence-electron chi connectivity index (χ3n) is 2.65. The van der Waals surface area contributed by atoms with E-state index in [1.165, 1.54) is 6.07 Å². The van der Waals surface area contributed by atoms with Crippen molar-refractivity contribution in [1.82, 2.24) is 0 Å². The number of methoxy groups -OCH3 is 1. The molecule has 0 radical (unpaired) electrons. The minimum Gasteiger partial charge on any atom is -0.493 e. The highest BCUT2D eigenvalue weighted by atomic mass is 16.5. The predicted octanol–water partition coefficient (Wildman–Crippen LogP) is 2.32. The highest BCUT2D eigenvalue weighted by Crippen LogP contribution is 2.34. The van der Waals surface area contributed by atoms with Crippen molar-refractivity contribution in [2.45, 2.75) is 13.8 Å². The Labute approximate surface area is 116 Å². The second-order valence-electron chi connectivity index (χ2n) is 4.36. The molecule has 0 aliphatic carbocycles. The molecule has 1 aromatic heterocycles. The van der Waals surface area contributed by atoms with Crippen molar-refractivity contribution in [2.24, 2.45) is 0 Å². The molecule has 20 heavy (non-hydrogen) atoms. The smallest absolute Gasteiger partial charge is 0.336 e. The Bertz CT molecular complexity index is 666. The van der Waals surface area contributed by atoms with E-state index in [1.807, 2.05) is 26.0 Å². The number of rotatable bonds is 4. The monoisotopic (exact) mass is 278 g/mol. The number of ether oxygens (including phenoxy) is 2. The summed E-state index contributed by atoms with van der Waals surface area (Å²) in [6.07, 6.45) is 1.94. The Kier molecular flexibility index (Phi) is 5.34. The summed E-state index contributed by atoms with van der Waals surface area (Å²) in [4.78, 5) is 11.3. The van der Waals surface area contributed by atoms with Crippen LogP contribution in [-0.2, 0) is 0 Å². The van der Waals surface area contributed by atoms with Gasteiger partial charge in [0, 0.05) is 11.5 Å². The van der Waals surface area contributed by atoms with E-state index in [-0.39, 0.29) is 5.48 Å². The molecule has 0 amide bonds. The second-order valence-corrected chi connectivity index (χ2v) is 4.36. The van der Waals surface area contributed by atoms with Crippen LogP contribution in [0.1, 0.15) is 13.8 Å². The fourth-order valence-corrected chi connectivity index (χ4v) is 1.68. The molecule has 0 saturated carbocycles. The maximum atomic E-state index is 11.3. The van der Waals surface area contributed by atoms with Crippen molar-refractivity contribution in [3.63, 3.8) is 0 Å². The average Bonchev–Trinajstić information content (AvgIpc) is 2.38. The normalized spacial score (nSPS) is 9.75. The van der Waals surface area contributed by atoms with Gasteiger partial charge in [0.1, 0.15) is 6.61 Å². The molecule has 0 saturated heterocycles. The molecule has 0 fully saturated rings. The number of fused-ring (bicyclic) bond motifs is 1. The molecule has 5 heteroatoms. The summed E-state index contributed by atoms with van der Waals surface area (Å²) in [5.74, 6) is 0.999. The summed E-state index contributed by atoms with van der Waals surface area (Å²) in [5, 5.41) is 0.799. The number of hydrogen-bond acceptors (Lipinski definition) is 4. The molecular formula is C15H18O5. The lowest BCUT2D eigenvalue weighted by atomic mass is 10.2. The van der Waals surface area contributed by atoms with E-state index in [1.54, 1.807) is 19.2 Å². The van der Waals surface area contributed by atoms with Crippen molar-refractivity contribution in [3.05, 3.63) is 46.3 Å². The van der Waals surface area contributed by atoms with Crippen LogP contribution in [0, 0.1) is 0 Å². The third kappa shape index (κ3) is 3.39. The van der Waals surface area contributed by atoms with Gasteiger partial charge in [-0.1, -0.05) is 5.57 Å². The Morgan fingerprint density at radius 2 is 1.95 bits per heavy atom. The lowest BCUT2D eigenvalue weighted by molar-refractivity contribution is 0.323. The van der Waals surface area contributed by atoms with Gasteiger partial charge in [-0.15, -0.1) is 0 Å². The topological polar surface area (TPSA) is 80.2 Å². The second kappa shape index (κ2) is 6.77. The van der Waals surface area contributed by atoms with Gasteiger partial charge in [-0.05, 0) is 38.1 Å². The zero-order valence-electron chi connectivity index (χ0n) is 11.7. The molecule has 0 aliphatic heterocycles. The van der Waals surface area contributed by atoms with Crippen LogP contribution in [0.25, 0.3) is 11.0 Å². The van der Waals surface area contributed by atoms with Crippen LogP contribution < -0.4 is 15.1 Å². The molecule has 0 spiro atoms. The van der Waals surface area contributed by atoms with Gasteiger partial charge in [-0.3, -0.25) is 0 Å². The van der Waals surface area contributed by atoms with Gasteiger partial charge in [0.25, 0.3) is 0 Å². The standard InChI is InChI=1S/C15H16O4.H2O/c1-10(2)8-9-18-15-12(17-3)6-4-11-5-7-13(16)19-14(11)15;/h4-8H,9H2,1-3H3;1H2. The van der Waals surface area contributed by atoms with Crippen molar-refractivity contribution >= 4 is 11.0 Å². The molecule has 0 bridgehead atoms. The molecule has 1 aromatic carbocycles. The van der Waals surface area contributed by atoms with Crippen LogP contribution in [0.3, 0.4) is 0 Å². The van der Waals surface area contributed by atoms with Crippen LogP contribution in [-0.4, -0.2) is 19.2 Å². The third-order valence-corrected chi connectivity index (χ3v) is 2.65. The quantitative estimate of drug-likeness (QED) is 0.635. The first-order valence-corrected chi connectivity index (χ1v) is 5.99. The average molecular weight is 278 g/mol. The molecule has 2 aromatic rings. The first kappa shape index (κ1) is 15.8. The maximum absolute atomic E-state index is 11.3. The van der Waals surface area contributed by atoms with Gasteiger partial charge in [-0.25, -0.2) is 4.79 Å². The van der Waals surface area contributed by atoms with E-state index in [0.29, 0.717) is 23.7 Å². The Morgan fingerprint density at radius 3 is 2.60 bits per heavy atom. The van der Waals surface area contributed by atoms with Crippen LogP contribution >= 0.6 is 0 Å². The molecule has 0 atom stereocenters. The summed E-state index contributed by atoms with van der Waals surface area (Å²) < 4.78 is 16.1.